The molecule has 1 fully saturated rings. The third-order valence-electron chi connectivity index (χ3n) is 3.70. The number of nitrogens with one attached hydrogen (secondary N) is 2. The Hall–Kier alpha value is -2.41. The maximum atomic E-state index is 12.7. The van der Waals surface area contributed by atoms with Crippen LogP contribution in [0.25, 0.3) is 0 Å². The lowest BCUT2D eigenvalue weighted by atomic mass is 9.92. The van der Waals surface area contributed by atoms with Gasteiger partial charge in [-0.25, -0.2) is 4.79 Å². The summed E-state index contributed by atoms with van der Waals surface area (Å²) < 4.78 is 5.28. The van der Waals surface area contributed by atoms with Crippen LogP contribution in [0.4, 0.5) is 10.5 Å². The summed E-state index contributed by atoms with van der Waals surface area (Å²) in [6.45, 7) is 3.11. The van der Waals surface area contributed by atoms with Gasteiger partial charge in [-0.1, -0.05) is 18.2 Å². The molecule has 1 unspecified atom stereocenters. The van der Waals surface area contributed by atoms with Gasteiger partial charge in [-0.3, -0.25) is 14.9 Å². The van der Waals surface area contributed by atoms with Crippen molar-refractivity contribution >= 4 is 23.5 Å². The molecule has 2 N–H and O–H groups in total. The molecule has 0 aliphatic carbocycles. The SMILES string of the molecule is CCOCCN1C(=O)C2(NC(=O)NC2=O)c2ccccc21. The van der Waals surface area contributed by atoms with Crippen LogP contribution in [0.15, 0.2) is 24.3 Å². The van der Waals surface area contributed by atoms with E-state index in [9.17, 15) is 14.4 Å². The molecule has 7 heteroatoms. The van der Waals surface area contributed by atoms with Crippen LogP contribution in [0.5, 0.6) is 0 Å². The van der Waals surface area contributed by atoms with Gasteiger partial charge in [-0.05, 0) is 13.0 Å². The number of hydrogen-bond acceptors (Lipinski definition) is 4. The lowest BCUT2D eigenvalue weighted by molar-refractivity contribution is -0.134. The number of urea groups is 1. The Bertz CT molecular complexity index is 630. The van der Waals surface area contributed by atoms with Crippen molar-refractivity contribution in [3.05, 3.63) is 29.8 Å². The van der Waals surface area contributed by atoms with Gasteiger partial charge in [-0.2, -0.15) is 0 Å². The highest BCUT2D eigenvalue weighted by Gasteiger charge is 2.60. The summed E-state index contributed by atoms with van der Waals surface area (Å²) in [5, 5.41) is 4.61. The van der Waals surface area contributed by atoms with E-state index in [1.54, 1.807) is 24.3 Å². The summed E-state index contributed by atoms with van der Waals surface area (Å²) in [6.07, 6.45) is 0. The van der Waals surface area contributed by atoms with Gasteiger partial charge in [0.05, 0.1) is 12.3 Å². The van der Waals surface area contributed by atoms with E-state index in [4.69, 9.17) is 4.74 Å². The molecule has 2 aliphatic heterocycles. The summed E-state index contributed by atoms with van der Waals surface area (Å²) in [5.41, 5.74) is -0.519. The first-order valence-electron chi connectivity index (χ1n) is 6.74. The maximum Gasteiger partial charge on any atom is 0.323 e. The van der Waals surface area contributed by atoms with Crippen molar-refractivity contribution in [1.82, 2.24) is 10.6 Å². The molecule has 7 nitrogen and oxygen atoms in total. The predicted molar refractivity (Wildman–Crippen MR) is 73.6 cm³/mol. The first-order chi connectivity index (χ1) is 10.1. The standard InChI is InChI=1S/C14H15N3O4/c1-2-21-8-7-17-10-6-4-3-5-9(10)14(12(17)19)11(18)15-13(20)16-14/h3-6H,2,7-8H2,1H3,(H2,15,16,18,20). The second kappa shape index (κ2) is 4.85. The van der Waals surface area contributed by atoms with Gasteiger partial charge in [0.15, 0.2) is 0 Å². The summed E-state index contributed by atoms with van der Waals surface area (Å²) in [7, 11) is 0. The van der Waals surface area contributed by atoms with Crippen molar-refractivity contribution < 1.29 is 19.1 Å². The molecule has 1 aromatic carbocycles. The molecular weight excluding hydrogens is 274 g/mol. The zero-order chi connectivity index (χ0) is 15.0. The molecule has 110 valence electrons. The molecule has 0 saturated carbocycles. The minimum absolute atomic E-state index is 0.328. The van der Waals surface area contributed by atoms with Crippen molar-refractivity contribution in [2.24, 2.45) is 0 Å². The summed E-state index contributed by atoms with van der Waals surface area (Å²) >= 11 is 0. The second-order valence-corrected chi connectivity index (χ2v) is 4.83. The van der Waals surface area contributed by atoms with E-state index < -0.39 is 23.4 Å². The maximum absolute atomic E-state index is 12.7. The topological polar surface area (TPSA) is 87.7 Å². The quantitative estimate of drug-likeness (QED) is 0.467. The van der Waals surface area contributed by atoms with Crippen molar-refractivity contribution in [3.8, 4) is 0 Å². The number of benzene rings is 1. The highest BCUT2D eigenvalue weighted by atomic mass is 16.5. The van der Waals surface area contributed by atoms with Crippen LogP contribution < -0.4 is 15.5 Å². The number of imide groups is 1. The Labute approximate surface area is 121 Å². The first-order valence-corrected chi connectivity index (χ1v) is 6.74. The van der Waals surface area contributed by atoms with Crippen LogP contribution in [-0.2, 0) is 19.9 Å². The van der Waals surface area contributed by atoms with Gasteiger partial charge in [0, 0.05) is 18.7 Å². The monoisotopic (exact) mass is 289 g/mol. The molecule has 1 spiro atoms. The normalized spacial score (nSPS) is 23.5. The molecule has 2 aliphatic rings. The molecule has 1 atom stereocenters. The second-order valence-electron chi connectivity index (χ2n) is 4.83. The fourth-order valence-corrected chi connectivity index (χ4v) is 2.77. The van der Waals surface area contributed by atoms with Crippen LogP contribution in [-0.4, -0.2) is 37.6 Å². The van der Waals surface area contributed by atoms with Crippen LogP contribution in [0.3, 0.4) is 0 Å². The minimum atomic E-state index is -1.64. The summed E-state index contributed by atoms with van der Waals surface area (Å²) in [5.74, 6) is -1.09. The van der Waals surface area contributed by atoms with Gasteiger partial charge < -0.3 is 15.0 Å². The van der Waals surface area contributed by atoms with Crippen LogP contribution in [0, 0.1) is 0 Å². The van der Waals surface area contributed by atoms with Gasteiger partial charge in [0.25, 0.3) is 11.8 Å². The molecule has 21 heavy (non-hydrogen) atoms. The Morgan fingerprint density at radius 1 is 1.24 bits per heavy atom. The van der Waals surface area contributed by atoms with Crippen molar-refractivity contribution in [1.29, 1.82) is 0 Å². The number of fused-ring (bicyclic) bond motifs is 2. The van der Waals surface area contributed by atoms with Crippen LogP contribution in [0.2, 0.25) is 0 Å². The van der Waals surface area contributed by atoms with Crippen molar-refractivity contribution in [3.63, 3.8) is 0 Å². The van der Waals surface area contributed by atoms with Gasteiger partial charge in [-0.15, -0.1) is 0 Å². The number of carbonyl (C=O) groups is 3. The Kier molecular flexibility index (Phi) is 3.13. The zero-order valence-electron chi connectivity index (χ0n) is 11.5. The lowest BCUT2D eigenvalue weighted by Crippen LogP contribution is -2.52. The Morgan fingerprint density at radius 2 is 2.00 bits per heavy atom. The van der Waals surface area contributed by atoms with Gasteiger partial charge >= 0.3 is 6.03 Å². The highest BCUT2D eigenvalue weighted by Crippen LogP contribution is 2.41. The number of amides is 4. The molecule has 1 saturated heterocycles. The fraction of sp³-hybridized carbons (Fsp3) is 0.357. The number of carbonyl (C=O) groups excluding carboxylic acids is 3. The molecule has 0 radical (unpaired) electrons. The molecule has 2 heterocycles. The number of nitrogens with zero attached hydrogens (tertiary/aromatic N) is 1. The van der Waals surface area contributed by atoms with E-state index in [1.807, 2.05) is 6.92 Å². The van der Waals surface area contributed by atoms with E-state index in [-0.39, 0.29) is 0 Å². The third kappa shape index (κ3) is 1.81. The summed E-state index contributed by atoms with van der Waals surface area (Å²) in [4.78, 5) is 37.9. The molecule has 0 aromatic heterocycles. The minimum Gasteiger partial charge on any atom is -0.380 e. The molecule has 3 rings (SSSR count). The Morgan fingerprint density at radius 3 is 2.67 bits per heavy atom. The van der Waals surface area contributed by atoms with E-state index in [0.29, 0.717) is 31.0 Å². The molecule has 0 bridgehead atoms. The smallest absolute Gasteiger partial charge is 0.323 e. The number of hydrogen-bond donors (Lipinski definition) is 2. The number of rotatable bonds is 4. The van der Waals surface area contributed by atoms with Gasteiger partial charge in [0.2, 0.25) is 5.54 Å². The van der Waals surface area contributed by atoms with Crippen LogP contribution in [0.1, 0.15) is 12.5 Å². The number of para-hydroxylation sites is 1. The van der Waals surface area contributed by atoms with E-state index >= 15 is 0 Å². The zero-order valence-corrected chi connectivity index (χ0v) is 11.5. The first kappa shape index (κ1) is 13.6. The highest BCUT2D eigenvalue weighted by molar-refractivity contribution is 6.27. The molecular formula is C14H15N3O4. The predicted octanol–water partition coefficient (Wildman–Crippen LogP) is 0.104. The Balaban J connectivity index is 2.03. The van der Waals surface area contributed by atoms with Crippen molar-refractivity contribution in [2.45, 2.75) is 12.5 Å². The van der Waals surface area contributed by atoms with E-state index in [0.717, 1.165) is 0 Å². The summed E-state index contributed by atoms with van der Waals surface area (Å²) in [6, 6.07) is 6.30. The lowest BCUT2D eigenvalue weighted by Gasteiger charge is -2.21. The van der Waals surface area contributed by atoms with Crippen LogP contribution >= 0.6 is 0 Å². The van der Waals surface area contributed by atoms with E-state index in [1.165, 1.54) is 4.90 Å². The van der Waals surface area contributed by atoms with E-state index in [2.05, 4.69) is 10.6 Å². The van der Waals surface area contributed by atoms with Gasteiger partial charge in [0.1, 0.15) is 0 Å². The third-order valence-corrected chi connectivity index (χ3v) is 3.70. The number of anilines is 1. The van der Waals surface area contributed by atoms with Crippen molar-refractivity contribution in [2.75, 3.05) is 24.7 Å². The molecule has 1 aromatic rings. The largest absolute Gasteiger partial charge is 0.380 e. The fourth-order valence-electron chi connectivity index (χ4n) is 2.77. The average Bonchev–Trinajstić information content (AvgIpc) is 2.90. The average molecular weight is 289 g/mol. The number of ether oxygens (including phenoxy) is 1. The molecule has 4 amide bonds.